The standard InChI is InChI=1S/C31H24Br2N4O10/c1-34(2)27-20(36(43)44)8-13(9-21(27)37(45)46)35-30(41)15-5-4-14-16(25(15)31(35)42)10-17-26(22(38)11-19(33)28(17)39)24(14)12-6-18(32)29(40)23(7-12)47-3/h4,6-9,11,15-16,24-25,40H,5,10H2,1-3H3/t15-,16+,24-,25-/m0/s1. The number of hydrogen-bond acceptors (Lipinski definition) is 11. The number of rotatable bonds is 6. The van der Waals surface area contributed by atoms with Gasteiger partial charge in [0.25, 0.3) is 0 Å². The SMILES string of the molecule is COc1cc([C@H]2C3=CC[C@@H]4C(=O)N(c5cc([N+](=O)[O-])c(N(C)C)c([N+](=O)[O-])c5)C(=O)[C@@H]4[C@@H]3CC3=C2C(=O)C=C(Br)C3=O)cc(Br)c1O. The van der Waals surface area contributed by atoms with Gasteiger partial charge in [-0.05, 0) is 68.3 Å². The Morgan fingerprint density at radius 2 is 1.62 bits per heavy atom. The van der Waals surface area contributed by atoms with Crippen molar-refractivity contribution in [2.45, 2.75) is 18.8 Å². The molecule has 0 unspecified atom stereocenters. The molecule has 1 aliphatic heterocycles. The molecule has 4 aliphatic rings. The predicted octanol–water partition coefficient (Wildman–Crippen LogP) is 5.01. The number of fused-ring (bicyclic) bond motifs is 3. The third-order valence-electron chi connectivity index (χ3n) is 9.09. The van der Waals surface area contributed by atoms with Gasteiger partial charge in [0.05, 0.1) is 43.4 Å². The summed E-state index contributed by atoms with van der Waals surface area (Å²) >= 11 is 6.49. The van der Waals surface area contributed by atoms with Gasteiger partial charge < -0.3 is 14.7 Å². The van der Waals surface area contributed by atoms with E-state index in [1.54, 1.807) is 12.1 Å². The van der Waals surface area contributed by atoms with Crippen LogP contribution in [0.4, 0.5) is 22.7 Å². The van der Waals surface area contributed by atoms with Gasteiger partial charge in [-0.2, -0.15) is 0 Å². The number of hydrogen-bond donors (Lipinski definition) is 1. The van der Waals surface area contributed by atoms with Crippen LogP contribution in [0.3, 0.4) is 0 Å². The van der Waals surface area contributed by atoms with Gasteiger partial charge in [0.1, 0.15) is 0 Å². The number of amides is 2. The minimum absolute atomic E-state index is 0.0420. The number of carbonyl (C=O) groups excluding carboxylic acids is 4. The molecule has 1 N–H and O–H groups in total. The molecule has 1 heterocycles. The number of halogens is 2. The Hall–Kier alpha value is -4.70. The second-order valence-electron chi connectivity index (χ2n) is 11.7. The minimum atomic E-state index is -1.04. The van der Waals surface area contributed by atoms with Crippen LogP contribution in [-0.2, 0) is 19.2 Å². The van der Waals surface area contributed by atoms with E-state index in [4.69, 9.17) is 4.74 Å². The van der Waals surface area contributed by atoms with Crippen LogP contribution in [0.15, 0.2) is 62.1 Å². The molecule has 14 nitrogen and oxygen atoms in total. The van der Waals surface area contributed by atoms with E-state index in [-0.39, 0.29) is 55.8 Å². The summed E-state index contributed by atoms with van der Waals surface area (Å²) in [5.74, 6) is -5.93. The molecular formula is C31H24Br2N4O10. The van der Waals surface area contributed by atoms with Crippen molar-refractivity contribution in [2.24, 2.45) is 17.8 Å². The number of anilines is 2. The fraction of sp³-hybridized carbons (Fsp3) is 0.290. The Morgan fingerprint density at radius 3 is 2.19 bits per heavy atom. The summed E-state index contributed by atoms with van der Waals surface area (Å²) in [6.45, 7) is 0. The van der Waals surface area contributed by atoms with E-state index in [9.17, 15) is 44.5 Å². The van der Waals surface area contributed by atoms with Crippen molar-refractivity contribution in [3.05, 3.63) is 87.9 Å². The number of methoxy groups -OCH3 is 1. The monoisotopic (exact) mass is 770 g/mol. The predicted molar refractivity (Wildman–Crippen MR) is 174 cm³/mol. The van der Waals surface area contributed by atoms with Crippen LogP contribution in [-0.4, -0.2) is 59.5 Å². The molecule has 0 saturated carbocycles. The number of carbonyl (C=O) groups is 4. The lowest BCUT2D eigenvalue weighted by Gasteiger charge is -2.42. The third-order valence-corrected chi connectivity index (χ3v) is 10.3. The van der Waals surface area contributed by atoms with E-state index >= 15 is 0 Å². The lowest BCUT2D eigenvalue weighted by Crippen LogP contribution is -2.39. The number of nitro benzene ring substituents is 2. The van der Waals surface area contributed by atoms with Crippen LogP contribution in [0, 0.1) is 38.0 Å². The van der Waals surface area contributed by atoms with E-state index < -0.39 is 68.3 Å². The number of nitrogens with zero attached hydrogens (tertiary/aromatic N) is 4. The maximum absolute atomic E-state index is 14.3. The molecule has 242 valence electrons. The molecule has 16 heteroatoms. The average molecular weight is 772 g/mol. The highest BCUT2D eigenvalue weighted by molar-refractivity contribution is 9.12. The fourth-order valence-electron chi connectivity index (χ4n) is 7.21. The number of allylic oxidation sites excluding steroid dienone is 6. The summed E-state index contributed by atoms with van der Waals surface area (Å²) in [5, 5.41) is 34.5. The average Bonchev–Trinajstić information content (AvgIpc) is 3.28. The molecule has 0 radical (unpaired) electrons. The molecule has 2 amide bonds. The van der Waals surface area contributed by atoms with Gasteiger partial charge >= 0.3 is 11.4 Å². The van der Waals surface area contributed by atoms with Crippen molar-refractivity contribution in [3.63, 3.8) is 0 Å². The van der Waals surface area contributed by atoms with E-state index in [0.717, 1.165) is 17.0 Å². The van der Waals surface area contributed by atoms with Crippen LogP contribution in [0.5, 0.6) is 11.5 Å². The molecule has 1 fully saturated rings. The molecular weight excluding hydrogens is 748 g/mol. The smallest absolute Gasteiger partial charge is 0.301 e. The summed E-state index contributed by atoms with van der Waals surface area (Å²) in [5.41, 5.74) is -0.451. The van der Waals surface area contributed by atoms with Crippen molar-refractivity contribution >= 4 is 78.0 Å². The number of phenols is 1. The van der Waals surface area contributed by atoms with Crippen molar-refractivity contribution in [1.82, 2.24) is 0 Å². The van der Waals surface area contributed by atoms with Crippen molar-refractivity contribution in [2.75, 3.05) is 31.0 Å². The number of phenolic OH excluding ortho intramolecular Hbond substituents is 1. The van der Waals surface area contributed by atoms with E-state index in [2.05, 4.69) is 31.9 Å². The zero-order chi connectivity index (χ0) is 34.2. The normalized spacial score (nSPS) is 23.6. The molecule has 6 rings (SSSR count). The van der Waals surface area contributed by atoms with Gasteiger partial charge in [-0.25, -0.2) is 4.90 Å². The van der Waals surface area contributed by atoms with E-state index in [1.807, 2.05) is 0 Å². The molecule has 0 spiro atoms. The summed E-state index contributed by atoms with van der Waals surface area (Å²) in [4.78, 5) is 79.5. The maximum Gasteiger partial charge on any atom is 0.301 e. The van der Waals surface area contributed by atoms with Crippen LogP contribution >= 0.6 is 31.9 Å². The molecule has 47 heavy (non-hydrogen) atoms. The molecule has 2 aromatic rings. The number of benzene rings is 2. The molecule has 2 aromatic carbocycles. The summed E-state index contributed by atoms with van der Waals surface area (Å²) < 4.78 is 5.65. The summed E-state index contributed by atoms with van der Waals surface area (Å²) in [6.07, 6.45) is 2.98. The van der Waals surface area contributed by atoms with Crippen LogP contribution < -0.4 is 14.5 Å². The molecule has 3 aliphatic carbocycles. The second kappa shape index (κ2) is 11.5. The van der Waals surface area contributed by atoms with E-state index in [0.29, 0.717) is 11.1 Å². The van der Waals surface area contributed by atoms with Gasteiger partial charge in [-0.1, -0.05) is 11.6 Å². The molecule has 4 atom stereocenters. The highest BCUT2D eigenvalue weighted by Gasteiger charge is 2.57. The Bertz CT molecular complexity index is 1930. The lowest BCUT2D eigenvalue weighted by atomic mass is 9.59. The first-order valence-electron chi connectivity index (χ1n) is 14.1. The Balaban J connectivity index is 1.50. The van der Waals surface area contributed by atoms with Crippen LogP contribution in [0.25, 0.3) is 0 Å². The molecule has 0 aromatic heterocycles. The first-order valence-corrected chi connectivity index (χ1v) is 15.7. The second-order valence-corrected chi connectivity index (χ2v) is 13.4. The van der Waals surface area contributed by atoms with Gasteiger partial charge in [-0.3, -0.25) is 39.4 Å². The molecule has 0 bridgehead atoms. The highest BCUT2D eigenvalue weighted by Crippen LogP contribution is 2.57. The summed E-state index contributed by atoms with van der Waals surface area (Å²) in [6, 6.07) is 5.07. The van der Waals surface area contributed by atoms with Gasteiger partial charge in [-0.15, -0.1) is 0 Å². The van der Waals surface area contributed by atoms with Gasteiger partial charge in [0, 0.05) is 49.4 Å². The fourth-order valence-corrected chi connectivity index (χ4v) is 8.12. The number of Topliss-reactive ketones (excluding diaryl/α,β-unsaturated/α-hetero) is 1. The highest BCUT2D eigenvalue weighted by atomic mass is 79.9. The number of ketones is 2. The zero-order valence-corrected chi connectivity index (χ0v) is 28.0. The quantitative estimate of drug-likeness (QED) is 0.137. The molecule has 1 saturated heterocycles. The Kier molecular flexibility index (Phi) is 7.91. The zero-order valence-electron chi connectivity index (χ0n) is 24.9. The number of imide groups is 1. The minimum Gasteiger partial charge on any atom is -0.503 e. The van der Waals surface area contributed by atoms with Gasteiger partial charge in [0.2, 0.25) is 11.8 Å². The topological polar surface area (TPSA) is 190 Å². The van der Waals surface area contributed by atoms with Gasteiger partial charge in [0.15, 0.2) is 28.8 Å². The number of aromatic hydroxyl groups is 1. The summed E-state index contributed by atoms with van der Waals surface area (Å²) in [7, 11) is 4.16. The lowest BCUT2D eigenvalue weighted by molar-refractivity contribution is -0.392. The van der Waals surface area contributed by atoms with Crippen LogP contribution in [0.2, 0.25) is 0 Å². The Morgan fingerprint density at radius 1 is 0.979 bits per heavy atom. The largest absolute Gasteiger partial charge is 0.503 e. The maximum atomic E-state index is 14.3. The van der Waals surface area contributed by atoms with E-state index in [1.165, 1.54) is 38.2 Å². The van der Waals surface area contributed by atoms with Crippen molar-refractivity contribution in [3.8, 4) is 11.5 Å². The van der Waals surface area contributed by atoms with Crippen molar-refractivity contribution in [1.29, 1.82) is 0 Å². The first kappa shape index (κ1) is 32.2. The third kappa shape index (κ3) is 4.88. The van der Waals surface area contributed by atoms with Crippen LogP contribution in [0.1, 0.15) is 24.3 Å². The first-order chi connectivity index (χ1) is 22.2. The number of nitro groups is 2. The van der Waals surface area contributed by atoms with Crippen molar-refractivity contribution < 1.29 is 38.9 Å². The Labute approximate surface area is 282 Å². The number of ether oxygens (including phenoxy) is 1.